The van der Waals surface area contributed by atoms with Crippen LogP contribution in [0.4, 0.5) is 0 Å². The van der Waals surface area contributed by atoms with Crippen LogP contribution in [0.25, 0.3) is 10.4 Å². The third-order valence-corrected chi connectivity index (χ3v) is 3.74. The molecule has 0 saturated heterocycles. The number of aliphatic hydroxyl groups excluding tert-OH is 1. The van der Waals surface area contributed by atoms with Crippen molar-refractivity contribution in [3.8, 4) is 10.4 Å². The predicted octanol–water partition coefficient (Wildman–Crippen LogP) is 2.79. The molecule has 1 aromatic heterocycles. The Bertz CT molecular complexity index is 478. The Balaban J connectivity index is 2.18. The molecule has 1 aromatic carbocycles. The topological polar surface area (TPSA) is 33.1 Å². The third-order valence-electron chi connectivity index (χ3n) is 2.94. The van der Waals surface area contributed by atoms with Crippen LogP contribution in [0, 0.1) is 0 Å². The van der Waals surface area contributed by atoms with Gasteiger partial charge in [-0.25, -0.2) is 0 Å². The Labute approximate surface area is 92.2 Å². The minimum absolute atomic E-state index is 0.270. The summed E-state index contributed by atoms with van der Waals surface area (Å²) in [6.07, 6.45) is 3.45. The highest BCUT2D eigenvalue weighted by Gasteiger charge is 2.22. The summed E-state index contributed by atoms with van der Waals surface area (Å²) in [6.45, 7) is 0. The first kappa shape index (κ1) is 9.07. The fraction of sp³-hybridized carbons (Fsp3) is 0.250. The lowest BCUT2D eigenvalue weighted by Crippen LogP contribution is -1.90. The average molecular weight is 217 g/mol. The third kappa shape index (κ3) is 1.39. The van der Waals surface area contributed by atoms with Crippen molar-refractivity contribution in [1.29, 1.82) is 0 Å². The maximum Gasteiger partial charge on any atom is 0.0797 e. The van der Waals surface area contributed by atoms with Gasteiger partial charge in [0.25, 0.3) is 0 Å². The van der Waals surface area contributed by atoms with Gasteiger partial charge in [-0.15, -0.1) is 11.3 Å². The largest absolute Gasteiger partial charge is 0.388 e. The van der Waals surface area contributed by atoms with Crippen molar-refractivity contribution in [2.45, 2.75) is 18.9 Å². The van der Waals surface area contributed by atoms with Gasteiger partial charge < -0.3 is 5.11 Å². The Morgan fingerprint density at radius 1 is 1.40 bits per heavy atom. The smallest absolute Gasteiger partial charge is 0.0797 e. The molecule has 1 N–H and O–H groups in total. The molecule has 1 unspecified atom stereocenters. The molecule has 1 aliphatic rings. The minimum Gasteiger partial charge on any atom is -0.388 e. The molecule has 0 aliphatic heterocycles. The van der Waals surface area contributed by atoms with Crippen molar-refractivity contribution < 1.29 is 5.11 Å². The van der Waals surface area contributed by atoms with E-state index in [-0.39, 0.29) is 6.10 Å². The molecule has 2 nitrogen and oxygen atoms in total. The number of aliphatic hydroxyl groups is 1. The number of thiazole rings is 1. The van der Waals surface area contributed by atoms with Crippen LogP contribution >= 0.6 is 11.3 Å². The second-order valence-electron chi connectivity index (χ2n) is 3.79. The van der Waals surface area contributed by atoms with Gasteiger partial charge in [-0.3, -0.25) is 4.98 Å². The summed E-state index contributed by atoms with van der Waals surface area (Å²) in [7, 11) is 0. The van der Waals surface area contributed by atoms with Gasteiger partial charge in [-0.05, 0) is 29.5 Å². The summed E-state index contributed by atoms with van der Waals surface area (Å²) in [5.41, 5.74) is 5.49. The first-order chi connectivity index (χ1) is 7.36. The molecule has 1 heterocycles. The average Bonchev–Trinajstić information content (AvgIpc) is 2.88. The van der Waals surface area contributed by atoms with Crippen LogP contribution < -0.4 is 0 Å². The van der Waals surface area contributed by atoms with Gasteiger partial charge in [0.2, 0.25) is 0 Å². The molecule has 0 radical (unpaired) electrons. The van der Waals surface area contributed by atoms with Crippen molar-refractivity contribution in [3.05, 3.63) is 41.0 Å². The fourth-order valence-electron chi connectivity index (χ4n) is 2.21. The van der Waals surface area contributed by atoms with Gasteiger partial charge >= 0.3 is 0 Å². The molecule has 0 fully saturated rings. The molecule has 1 atom stereocenters. The Morgan fingerprint density at radius 3 is 3.13 bits per heavy atom. The zero-order chi connectivity index (χ0) is 10.3. The van der Waals surface area contributed by atoms with E-state index in [2.05, 4.69) is 11.1 Å². The number of rotatable bonds is 1. The van der Waals surface area contributed by atoms with E-state index in [1.165, 1.54) is 16.0 Å². The Morgan fingerprint density at radius 2 is 2.33 bits per heavy atom. The highest BCUT2D eigenvalue weighted by Crippen LogP contribution is 2.38. The second kappa shape index (κ2) is 3.43. The monoisotopic (exact) mass is 217 g/mol. The number of benzene rings is 1. The van der Waals surface area contributed by atoms with Crippen molar-refractivity contribution in [2.24, 2.45) is 0 Å². The van der Waals surface area contributed by atoms with Gasteiger partial charge in [-0.2, -0.15) is 0 Å². The summed E-state index contributed by atoms with van der Waals surface area (Å²) in [5, 5.41) is 9.79. The van der Waals surface area contributed by atoms with Crippen molar-refractivity contribution in [2.75, 3.05) is 0 Å². The van der Waals surface area contributed by atoms with Gasteiger partial charge in [0.1, 0.15) is 0 Å². The van der Waals surface area contributed by atoms with E-state index in [1.54, 1.807) is 11.3 Å². The van der Waals surface area contributed by atoms with Crippen molar-refractivity contribution >= 4 is 11.3 Å². The van der Waals surface area contributed by atoms with E-state index in [1.807, 2.05) is 23.8 Å². The summed E-state index contributed by atoms with van der Waals surface area (Å²) in [4.78, 5) is 5.29. The molecule has 15 heavy (non-hydrogen) atoms. The molecular weight excluding hydrogens is 206 g/mol. The second-order valence-corrected chi connectivity index (χ2v) is 4.68. The number of fused-ring (bicyclic) bond motifs is 1. The van der Waals surface area contributed by atoms with Crippen LogP contribution in [-0.4, -0.2) is 10.1 Å². The minimum atomic E-state index is -0.270. The molecule has 3 rings (SSSR count). The van der Waals surface area contributed by atoms with E-state index in [9.17, 15) is 5.11 Å². The van der Waals surface area contributed by atoms with E-state index in [0.717, 1.165) is 18.4 Å². The lowest BCUT2D eigenvalue weighted by molar-refractivity contribution is 0.180. The molecule has 1 aliphatic carbocycles. The number of hydrogen-bond donors (Lipinski definition) is 1. The number of nitrogens with zero attached hydrogens (tertiary/aromatic N) is 1. The van der Waals surface area contributed by atoms with E-state index in [0.29, 0.717) is 0 Å². The molecule has 0 spiro atoms. The fourth-order valence-corrected chi connectivity index (χ4v) is 2.89. The summed E-state index contributed by atoms with van der Waals surface area (Å²) in [6, 6.07) is 6.16. The number of hydrogen-bond acceptors (Lipinski definition) is 3. The van der Waals surface area contributed by atoms with Crippen LogP contribution in [0.1, 0.15) is 23.7 Å². The Hall–Kier alpha value is -1.19. The molecule has 76 valence electrons. The van der Waals surface area contributed by atoms with E-state index < -0.39 is 0 Å². The standard InChI is InChI=1S/C12H11NOS/c14-11-5-4-8-9(11)2-1-3-10(8)12-6-13-7-15-12/h1-3,6-7,11,14H,4-5H2. The summed E-state index contributed by atoms with van der Waals surface area (Å²) < 4.78 is 0. The van der Waals surface area contributed by atoms with E-state index >= 15 is 0 Å². The zero-order valence-electron chi connectivity index (χ0n) is 8.18. The lowest BCUT2D eigenvalue weighted by Gasteiger charge is -2.06. The van der Waals surface area contributed by atoms with Crippen molar-refractivity contribution in [3.63, 3.8) is 0 Å². The maximum absolute atomic E-state index is 9.79. The maximum atomic E-state index is 9.79. The molecule has 2 aromatic rings. The lowest BCUT2D eigenvalue weighted by atomic mass is 10.0. The molecular formula is C12H11NOS. The first-order valence-electron chi connectivity index (χ1n) is 5.05. The molecule has 0 bridgehead atoms. The summed E-state index contributed by atoms with van der Waals surface area (Å²) in [5.74, 6) is 0. The van der Waals surface area contributed by atoms with Crippen LogP contribution in [-0.2, 0) is 6.42 Å². The molecule has 0 saturated carbocycles. The van der Waals surface area contributed by atoms with Crippen LogP contribution in [0.5, 0.6) is 0 Å². The Kier molecular flexibility index (Phi) is 2.08. The van der Waals surface area contributed by atoms with Gasteiger partial charge in [0.05, 0.1) is 16.5 Å². The van der Waals surface area contributed by atoms with Crippen molar-refractivity contribution in [1.82, 2.24) is 4.98 Å². The predicted molar refractivity (Wildman–Crippen MR) is 60.8 cm³/mol. The van der Waals surface area contributed by atoms with Crippen LogP contribution in [0.15, 0.2) is 29.9 Å². The normalized spacial score (nSPS) is 19.1. The van der Waals surface area contributed by atoms with Crippen LogP contribution in [0.3, 0.4) is 0 Å². The zero-order valence-corrected chi connectivity index (χ0v) is 9.00. The van der Waals surface area contributed by atoms with Crippen LogP contribution in [0.2, 0.25) is 0 Å². The molecule has 3 heteroatoms. The van der Waals surface area contributed by atoms with Gasteiger partial charge in [-0.1, -0.05) is 18.2 Å². The highest BCUT2D eigenvalue weighted by atomic mass is 32.1. The SMILES string of the molecule is OC1CCc2c(-c3cncs3)cccc21. The van der Waals surface area contributed by atoms with E-state index in [4.69, 9.17) is 0 Å². The quantitative estimate of drug-likeness (QED) is 0.796. The highest BCUT2D eigenvalue weighted by molar-refractivity contribution is 7.13. The summed E-state index contributed by atoms with van der Waals surface area (Å²) >= 11 is 1.65. The first-order valence-corrected chi connectivity index (χ1v) is 5.93. The molecule has 0 amide bonds. The number of aromatic nitrogens is 1. The van der Waals surface area contributed by atoms with Gasteiger partial charge in [0.15, 0.2) is 0 Å². The van der Waals surface area contributed by atoms with Gasteiger partial charge in [0, 0.05) is 6.20 Å².